The first-order valence-corrected chi connectivity index (χ1v) is 6.34. The second kappa shape index (κ2) is 5.62. The van der Waals surface area contributed by atoms with Gasteiger partial charge >= 0.3 is 5.97 Å². The Kier molecular flexibility index (Phi) is 4.08. The molecule has 0 saturated heterocycles. The Balaban J connectivity index is 2.59. The van der Waals surface area contributed by atoms with Crippen molar-refractivity contribution in [2.24, 2.45) is 0 Å². The molecule has 0 spiro atoms. The number of aromatic nitrogens is 2. The molecule has 0 radical (unpaired) electrons. The first-order valence-electron chi connectivity index (χ1n) is 5.55. The van der Waals surface area contributed by atoms with Crippen LogP contribution in [0.4, 0.5) is 8.78 Å². The number of nitrogens with zero attached hydrogens (tertiary/aromatic N) is 2. The van der Waals surface area contributed by atoms with Crippen LogP contribution in [0.1, 0.15) is 28.0 Å². The Morgan fingerprint density at radius 3 is 2.65 bits per heavy atom. The highest BCUT2D eigenvalue weighted by Gasteiger charge is 2.22. The molecule has 104 valence electrons. The summed E-state index contributed by atoms with van der Waals surface area (Å²) < 4.78 is 26.4. The quantitative estimate of drug-likeness (QED) is 0.920. The number of alkyl halides is 2. The van der Waals surface area contributed by atoms with Crippen LogP contribution in [0.15, 0.2) is 28.9 Å². The van der Waals surface area contributed by atoms with Crippen LogP contribution in [0, 0.1) is 6.92 Å². The SMILES string of the molecule is Cc1ccc(-c2ncc(C(=O)O)c(C(F)F)n2)c(Br)c1. The van der Waals surface area contributed by atoms with Crippen molar-refractivity contribution in [1.82, 2.24) is 9.97 Å². The lowest BCUT2D eigenvalue weighted by molar-refractivity contribution is 0.0681. The maximum atomic E-state index is 12.9. The number of rotatable bonds is 3. The second-order valence-corrected chi connectivity index (χ2v) is 4.94. The van der Waals surface area contributed by atoms with E-state index in [2.05, 4.69) is 25.9 Å². The van der Waals surface area contributed by atoms with Gasteiger partial charge in [0, 0.05) is 16.2 Å². The third-order valence-corrected chi connectivity index (χ3v) is 3.28. The summed E-state index contributed by atoms with van der Waals surface area (Å²) in [6.07, 6.45) is -2.08. The largest absolute Gasteiger partial charge is 0.478 e. The molecule has 0 aliphatic heterocycles. The summed E-state index contributed by atoms with van der Waals surface area (Å²) in [5, 5.41) is 8.84. The summed E-state index contributed by atoms with van der Waals surface area (Å²) in [4.78, 5) is 18.4. The van der Waals surface area contributed by atoms with Gasteiger partial charge in [0.25, 0.3) is 6.43 Å². The summed E-state index contributed by atoms with van der Waals surface area (Å²) >= 11 is 3.31. The summed E-state index contributed by atoms with van der Waals surface area (Å²) in [5.41, 5.74) is 0.133. The molecule has 4 nitrogen and oxygen atoms in total. The summed E-state index contributed by atoms with van der Waals surface area (Å²) in [7, 11) is 0. The zero-order valence-electron chi connectivity index (χ0n) is 10.3. The van der Waals surface area contributed by atoms with Gasteiger partial charge in [-0.25, -0.2) is 23.5 Å². The second-order valence-electron chi connectivity index (χ2n) is 4.08. The highest BCUT2D eigenvalue weighted by molar-refractivity contribution is 9.10. The Bertz CT molecular complexity index is 677. The third-order valence-electron chi connectivity index (χ3n) is 2.62. The van der Waals surface area contributed by atoms with Crippen molar-refractivity contribution in [3.05, 3.63) is 45.7 Å². The fourth-order valence-electron chi connectivity index (χ4n) is 1.66. The van der Waals surface area contributed by atoms with Crippen LogP contribution >= 0.6 is 15.9 Å². The average molecular weight is 343 g/mol. The van der Waals surface area contributed by atoms with Gasteiger partial charge in [-0.15, -0.1) is 0 Å². The lowest BCUT2D eigenvalue weighted by Crippen LogP contribution is -2.08. The maximum absolute atomic E-state index is 12.9. The Hall–Kier alpha value is -1.89. The molecule has 20 heavy (non-hydrogen) atoms. The number of halogens is 3. The standard InChI is InChI=1S/C13H9BrF2N2O2/c1-6-2-3-7(9(14)4-6)12-17-5-8(13(19)20)10(18-12)11(15)16/h2-5,11H,1H3,(H,19,20). The van der Waals surface area contributed by atoms with Crippen LogP contribution in [0.25, 0.3) is 11.4 Å². The van der Waals surface area contributed by atoms with E-state index in [1.807, 2.05) is 6.92 Å². The number of carboxylic acid groups (broad SMARTS) is 1. The van der Waals surface area contributed by atoms with Crippen molar-refractivity contribution >= 4 is 21.9 Å². The van der Waals surface area contributed by atoms with Crippen LogP contribution in [-0.4, -0.2) is 21.0 Å². The molecule has 1 heterocycles. The minimum atomic E-state index is -2.98. The summed E-state index contributed by atoms with van der Waals surface area (Å²) in [6, 6.07) is 5.27. The lowest BCUT2D eigenvalue weighted by atomic mass is 10.1. The van der Waals surface area contributed by atoms with Crippen molar-refractivity contribution in [3.8, 4) is 11.4 Å². The predicted octanol–water partition coefficient (Wildman–Crippen LogP) is 3.85. The topological polar surface area (TPSA) is 63.1 Å². The van der Waals surface area contributed by atoms with Gasteiger partial charge in [0.05, 0.1) is 0 Å². The van der Waals surface area contributed by atoms with Crippen LogP contribution in [0.3, 0.4) is 0 Å². The number of aromatic carboxylic acids is 1. The van der Waals surface area contributed by atoms with Gasteiger partial charge in [-0.05, 0) is 24.6 Å². The van der Waals surface area contributed by atoms with Crippen molar-refractivity contribution in [3.63, 3.8) is 0 Å². The fourth-order valence-corrected chi connectivity index (χ4v) is 2.33. The Morgan fingerprint density at radius 2 is 2.10 bits per heavy atom. The van der Waals surface area contributed by atoms with E-state index in [1.165, 1.54) is 0 Å². The molecule has 1 aromatic carbocycles. The van der Waals surface area contributed by atoms with Crippen LogP contribution in [-0.2, 0) is 0 Å². The lowest BCUT2D eigenvalue weighted by Gasteiger charge is -2.08. The molecule has 0 bridgehead atoms. The monoisotopic (exact) mass is 342 g/mol. The highest BCUT2D eigenvalue weighted by Crippen LogP contribution is 2.29. The van der Waals surface area contributed by atoms with E-state index >= 15 is 0 Å². The number of hydrogen-bond donors (Lipinski definition) is 1. The van der Waals surface area contributed by atoms with Gasteiger partial charge in [-0.2, -0.15) is 0 Å². The van der Waals surface area contributed by atoms with E-state index in [-0.39, 0.29) is 5.82 Å². The molecule has 0 fully saturated rings. The number of benzene rings is 1. The van der Waals surface area contributed by atoms with Crippen molar-refractivity contribution in [2.75, 3.05) is 0 Å². The highest BCUT2D eigenvalue weighted by atomic mass is 79.9. The third kappa shape index (κ3) is 2.82. The van der Waals surface area contributed by atoms with Crippen molar-refractivity contribution in [1.29, 1.82) is 0 Å². The van der Waals surface area contributed by atoms with Crippen LogP contribution in [0.5, 0.6) is 0 Å². The van der Waals surface area contributed by atoms with E-state index in [1.54, 1.807) is 18.2 Å². The van der Waals surface area contributed by atoms with Gasteiger partial charge in [0.2, 0.25) is 0 Å². The first kappa shape index (κ1) is 14.5. The molecular weight excluding hydrogens is 334 g/mol. The van der Waals surface area contributed by atoms with E-state index in [0.717, 1.165) is 11.8 Å². The summed E-state index contributed by atoms with van der Waals surface area (Å²) in [5.74, 6) is -1.42. The number of aryl methyl sites for hydroxylation is 1. The van der Waals surface area contributed by atoms with Crippen molar-refractivity contribution in [2.45, 2.75) is 13.3 Å². The van der Waals surface area contributed by atoms with Gasteiger partial charge in [0.1, 0.15) is 11.3 Å². The molecular formula is C13H9BrF2N2O2. The average Bonchev–Trinajstić information content (AvgIpc) is 2.37. The molecule has 2 rings (SSSR count). The van der Waals surface area contributed by atoms with Crippen LogP contribution < -0.4 is 0 Å². The molecule has 7 heteroatoms. The Morgan fingerprint density at radius 1 is 1.40 bits per heavy atom. The normalized spacial score (nSPS) is 10.8. The van der Waals surface area contributed by atoms with Gasteiger partial charge < -0.3 is 5.11 Å². The van der Waals surface area contributed by atoms with E-state index in [0.29, 0.717) is 10.0 Å². The predicted molar refractivity (Wildman–Crippen MR) is 71.8 cm³/mol. The Labute approximate surface area is 121 Å². The maximum Gasteiger partial charge on any atom is 0.339 e. The van der Waals surface area contributed by atoms with Crippen LogP contribution in [0.2, 0.25) is 0 Å². The fraction of sp³-hybridized carbons (Fsp3) is 0.154. The van der Waals surface area contributed by atoms with E-state index in [4.69, 9.17) is 5.11 Å². The first-order chi connectivity index (χ1) is 9.40. The smallest absolute Gasteiger partial charge is 0.339 e. The zero-order chi connectivity index (χ0) is 14.9. The molecule has 0 unspecified atom stereocenters. The molecule has 0 aliphatic rings. The minimum Gasteiger partial charge on any atom is -0.478 e. The zero-order valence-corrected chi connectivity index (χ0v) is 11.9. The molecule has 0 amide bonds. The molecule has 1 N–H and O–H groups in total. The molecule has 1 aromatic heterocycles. The van der Waals surface area contributed by atoms with Gasteiger partial charge in [-0.1, -0.05) is 22.0 Å². The van der Waals surface area contributed by atoms with E-state index < -0.39 is 23.7 Å². The molecule has 0 saturated carbocycles. The number of hydrogen-bond acceptors (Lipinski definition) is 3. The summed E-state index contributed by atoms with van der Waals surface area (Å²) in [6.45, 7) is 1.88. The van der Waals surface area contributed by atoms with Gasteiger partial charge in [-0.3, -0.25) is 0 Å². The number of carboxylic acids is 1. The number of carbonyl (C=O) groups is 1. The minimum absolute atomic E-state index is 0.0529. The molecule has 0 aliphatic carbocycles. The van der Waals surface area contributed by atoms with Gasteiger partial charge in [0.15, 0.2) is 5.82 Å². The van der Waals surface area contributed by atoms with E-state index in [9.17, 15) is 13.6 Å². The van der Waals surface area contributed by atoms with Crippen molar-refractivity contribution < 1.29 is 18.7 Å². The molecule has 0 atom stereocenters. The molecule has 2 aromatic rings.